The van der Waals surface area contributed by atoms with Gasteiger partial charge in [-0.1, -0.05) is 38.1 Å². The average molecular weight is 201 g/mol. The van der Waals surface area contributed by atoms with E-state index < -0.39 is 0 Å². The van der Waals surface area contributed by atoms with Gasteiger partial charge in [0.25, 0.3) is 0 Å². The first-order chi connectivity index (χ1) is 5.75. The van der Waals surface area contributed by atoms with Crippen LogP contribution in [0, 0.1) is 0 Å². The van der Waals surface area contributed by atoms with Crippen molar-refractivity contribution in [1.82, 2.24) is 0 Å². The van der Waals surface area contributed by atoms with E-state index in [0.29, 0.717) is 5.92 Å². The zero-order chi connectivity index (χ0) is 8.97. The second-order valence-corrected chi connectivity index (χ2v) is 3.33. The van der Waals surface area contributed by atoms with Gasteiger partial charge in [-0.2, -0.15) is 0 Å². The second-order valence-electron chi connectivity index (χ2n) is 3.33. The molecule has 0 amide bonds. The molecule has 0 spiro atoms. The number of aliphatic hydroxyl groups excluding tert-OH is 1. The molecule has 1 rings (SSSR count). The minimum absolute atomic E-state index is 0. The molecule has 0 saturated heterocycles. The van der Waals surface area contributed by atoms with E-state index in [1.54, 1.807) is 0 Å². The van der Waals surface area contributed by atoms with Gasteiger partial charge < -0.3 is 5.11 Å². The normalized spacial score (nSPS) is 9.85. The van der Waals surface area contributed by atoms with Gasteiger partial charge in [0.2, 0.25) is 0 Å². The monoisotopic (exact) mass is 200 g/mol. The molecule has 0 aliphatic rings. The third-order valence-electron chi connectivity index (χ3n) is 2.06. The van der Waals surface area contributed by atoms with Crippen LogP contribution in [0.4, 0.5) is 0 Å². The molecule has 74 valence electrons. The third-order valence-corrected chi connectivity index (χ3v) is 2.06. The molecule has 1 nitrogen and oxygen atoms in total. The molecule has 1 N–H and O–H groups in total. The molecule has 0 fully saturated rings. The average Bonchev–Trinajstić information content (AvgIpc) is 2.05. The van der Waals surface area contributed by atoms with E-state index in [2.05, 4.69) is 32.0 Å². The van der Waals surface area contributed by atoms with E-state index in [9.17, 15) is 0 Å². The van der Waals surface area contributed by atoms with E-state index in [1.807, 2.05) is 6.07 Å². The fourth-order valence-corrected chi connectivity index (χ4v) is 1.45. The van der Waals surface area contributed by atoms with Crippen LogP contribution in [0.2, 0.25) is 0 Å². The summed E-state index contributed by atoms with van der Waals surface area (Å²) in [5.41, 5.74) is 2.63. The highest BCUT2D eigenvalue weighted by Crippen LogP contribution is 2.19. The SMILES string of the molecule is CC(C)c1ccccc1CCO.Cl. The fourth-order valence-electron chi connectivity index (χ4n) is 1.45. The van der Waals surface area contributed by atoms with E-state index >= 15 is 0 Å². The van der Waals surface area contributed by atoms with Crippen molar-refractivity contribution in [2.45, 2.75) is 26.2 Å². The fraction of sp³-hybridized carbons (Fsp3) is 0.455. The van der Waals surface area contributed by atoms with Crippen LogP contribution in [0.3, 0.4) is 0 Å². The Morgan fingerprint density at radius 2 is 1.85 bits per heavy atom. The van der Waals surface area contributed by atoms with Crippen molar-refractivity contribution in [3.05, 3.63) is 35.4 Å². The van der Waals surface area contributed by atoms with E-state index in [0.717, 1.165) is 6.42 Å². The predicted molar refractivity (Wildman–Crippen MR) is 58.6 cm³/mol. The lowest BCUT2D eigenvalue weighted by atomic mass is 9.96. The molecule has 1 aromatic rings. The van der Waals surface area contributed by atoms with Crippen molar-refractivity contribution in [3.63, 3.8) is 0 Å². The van der Waals surface area contributed by atoms with Crippen LogP contribution in [0.15, 0.2) is 24.3 Å². The lowest BCUT2D eigenvalue weighted by molar-refractivity contribution is 0.299. The van der Waals surface area contributed by atoms with Gasteiger partial charge in [-0.15, -0.1) is 12.4 Å². The summed E-state index contributed by atoms with van der Waals surface area (Å²) >= 11 is 0. The standard InChI is InChI=1S/C11H16O.ClH/c1-9(2)11-6-4-3-5-10(11)7-8-12;/h3-6,9,12H,7-8H2,1-2H3;1H. The maximum Gasteiger partial charge on any atom is 0.0471 e. The number of aliphatic hydroxyl groups is 1. The Kier molecular flexibility index (Phi) is 5.76. The minimum Gasteiger partial charge on any atom is -0.396 e. The third kappa shape index (κ3) is 3.37. The Morgan fingerprint density at radius 1 is 1.23 bits per heavy atom. The maximum absolute atomic E-state index is 8.83. The molecule has 0 saturated carbocycles. The van der Waals surface area contributed by atoms with Crippen molar-refractivity contribution in [2.75, 3.05) is 6.61 Å². The molecule has 0 radical (unpaired) electrons. The summed E-state index contributed by atoms with van der Waals surface area (Å²) in [6.07, 6.45) is 0.772. The topological polar surface area (TPSA) is 20.2 Å². The van der Waals surface area contributed by atoms with Crippen molar-refractivity contribution in [3.8, 4) is 0 Å². The number of benzene rings is 1. The van der Waals surface area contributed by atoms with Crippen molar-refractivity contribution < 1.29 is 5.11 Å². The summed E-state index contributed by atoms with van der Waals surface area (Å²) in [5, 5.41) is 8.83. The largest absolute Gasteiger partial charge is 0.396 e. The first kappa shape index (κ1) is 12.5. The molecular weight excluding hydrogens is 184 g/mol. The van der Waals surface area contributed by atoms with Crippen LogP contribution in [-0.2, 0) is 6.42 Å². The second kappa shape index (κ2) is 6.01. The number of hydrogen-bond donors (Lipinski definition) is 1. The predicted octanol–water partition coefficient (Wildman–Crippen LogP) is 2.77. The number of halogens is 1. The summed E-state index contributed by atoms with van der Waals surface area (Å²) in [5.74, 6) is 0.549. The Balaban J connectivity index is 0.00000144. The zero-order valence-electron chi connectivity index (χ0n) is 8.16. The van der Waals surface area contributed by atoms with Crippen LogP contribution in [-0.4, -0.2) is 11.7 Å². The van der Waals surface area contributed by atoms with Gasteiger partial charge in [-0.05, 0) is 23.5 Å². The molecule has 0 heterocycles. The molecule has 2 heteroatoms. The van der Waals surface area contributed by atoms with Crippen molar-refractivity contribution >= 4 is 12.4 Å². The van der Waals surface area contributed by atoms with Gasteiger partial charge >= 0.3 is 0 Å². The molecule has 0 unspecified atom stereocenters. The minimum atomic E-state index is 0. The van der Waals surface area contributed by atoms with E-state index in [1.165, 1.54) is 11.1 Å². The summed E-state index contributed by atoms with van der Waals surface area (Å²) in [6.45, 7) is 4.59. The van der Waals surface area contributed by atoms with Crippen LogP contribution >= 0.6 is 12.4 Å². The maximum atomic E-state index is 8.83. The van der Waals surface area contributed by atoms with Gasteiger partial charge in [0.05, 0.1) is 0 Å². The van der Waals surface area contributed by atoms with E-state index in [4.69, 9.17) is 5.11 Å². The van der Waals surface area contributed by atoms with Gasteiger partial charge in [0.1, 0.15) is 0 Å². The summed E-state index contributed by atoms with van der Waals surface area (Å²) in [6, 6.07) is 8.30. The highest BCUT2D eigenvalue weighted by atomic mass is 35.5. The first-order valence-corrected chi connectivity index (χ1v) is 4.44. The first-order valence-electron chi connectivity index (χ1n) is 4.44. The Hall–Kier alpha value is -0.530. The van der Waals surface area contributed by atoms with Crippen LogP contribution in [0.25, 0.3) is 0 Å². The van der Waals surface area contributed by atoms with Gasteiger partial charge in [-0.25, -0.2) is 0 Å². The van der Waals surface area contributed by atoms with Crippen LogP contribution in [0.5, 0.6) is 0 Å². The Labute approximate surface area is 86.2 Å². The lowest BCUT2D eigenvalue weighted by Gasteiger charge is -2.10. The summed E-state index contributed by atoms with van der Waals surface area (Å²) in [7, 11) is 0. The molecule has 0 aliphatic heterocycles. The zero-order valence-corrected chi connectivity index (χ0v) is 8.97. The quantitative estimate of drug-likeness (QED) is 0.796. The van der Waals surface area contributed by atoms with Crippen molar-refractivity contribution in [2.24, 2.45) is 0 Å². The Morgan fingerprint density at radius 3 is 2.38 bits per heavy atom. The number of rotatable bonds is 3. The smallest absolute Gasteiger partial charge is 0.0471 e. The van der Waals surface area contributed by atoms with Crippen molar-refractivity contribution in [1.29, 1.82) is 0 Å². The van der Waals surface area contributed by atoms with Gasteiger partial charge in [0.15, 0.2) is 0 Å². The molecule has 1 aromatic carbocycles. The summed E-state index contributed by atoms with van der Waals surface area (Å²) < 4.78 is 0. The lowest BCUT2D eigenvalue weighted by Crippen LogP contribution is -1.98. The highest BCUT2D eigenvalue weighted by Gasteiger charge is 2.03. The molecule has 0 aromatic heterocycles. The Bertz CT molecular complexity index is 246. The van der Waals surface area contributed by atoms with E-state index in [-0.39, 0.29) is 19.0 Å². The summed E-state index contributed by atoms with van der Waals surface area (Å²) in [4.78, 5) is 0. The van der Waals surface area contributed by atoms with Gasteiger partial charge in [0, 0.05) is 6.61 Å². The van der Waals surface area contributed by atoms with Crippen LogP contribution in [0.1, 0.15) is 30.9 Å². The highest BCUT2D eigenvalue weighted by molar-refractivity contribution is 5.85. The van der Waals surface area contributed by atoms with Gasteiger partial charge in [-0.3, -0.25) is 0 Å². The molecule has 0 atom stereocenters. The molecule has 13 heavy (non-hydrogen) atoms. The molecule has 0 bridgehead atoms. The molecule has 0 aliphatic carbocycles. The number of hydrogen-bond acceptors (Lipinski definition) is 1. The molecular formula is C11H17ClO. The van der Waals surface area contributed by atoms with Crippen LogP contribution < -0.4 is 0 Å².